The smallest absolute Gasteiger partial charge is 0.248 e. The first kappa shape index (κ1) is 15.7. The second-order valence-electron chi connectivity index (χ2n) is 5.53. The number of Topliss-reactive ketones (excluding diaryl/α,β-unsaturated/α-hetero) is 1. The lowest BCUT2D eigenvalue weighted by Crippen LogP contribution is -2.08. The standard InChI is InChI=1S/C21H17NO2/c1-15(23)18-9-5-10-19(14-18)22-21(24)13-12-17-8-4-7-16-6-2-3-11-20(16)17/h2-14H,1H3,(H,22,24)/b13-12-. The molecule has 0 aliphatic heterocycles. The van der Waals surface area contributed by atoms with Gasteiger partial charge in [-0.3, -0.25) is 9.59 Å². The van der Waals surface area contributed by atoms with E-state index in [-0.39, 0.29) is 11.7 Å². The molecule has 0 radical (unpaired) electrons. The molecule has 0 spiro atoms. The zero-order valence-corrected chi connectivity index (χ0v) is 13.3. The van der Waals surface area contributed by atoms with E-state index in [1.165, 1.54) is 13.0 Å². The number of carbonyl (C=O) groups excluding carboxylic acids is 2. The molecule has 1 N–H and O–H groups in total. The van der Waals surface area contributed by atoms with Gasteiger partial charge in [-0.1, -0.05) is 54.6 Å². The molecule has 3 aromatic rings. The zero-order chi connectivity index (χ0) is 16.9. The Morgan fingerprint density at radius 1 is 0.917 bits per heavy atom. The van der Waals surface area contributed by atoms with Crippen molar-refractivity contribution < 1.29 is 9.59 Å². The van der Waals surface area contributed by atoms with Crippen LogP contribution in [0.2, 0.25) is 0 Å². The number of nitrogens with one attached hydrogen (secondary N) is 1. The third kappa shape index (κ3) is 3.58. The normalized spacial score (nSPS) is 10.9. The van der Waals surface area contributed by atoms with Crippen LogP contribution in [-0.4, -0.2) is 11.7 Å². The molecule has 0 aliphatic carbocycles. The molecule has 0 aliphatic rings. The molecule has 3 heteroatoms. The first-order chi connectivity index (χ1) is 11.6. The minimum Gasteiger partial charge on any atom is -0.322 e. The van der Waals surface area contributed by atoms with E-state index in [0.29, 0.717) is 11.3 Å². The number of hydrogen-bond donors (Lipinski definition) is 1. The SMILES string of the molecule is CC(=O)c1cccc(NC(=O)/C=C\c2cccc3ccccc23)c1. The van der Waals surface area contributed by atoms with Gasteiger partial charge in [-0.15, -0.1) is 0 Å². The Hall–Kier alpha value is -3.20. The van der Waals surface area contributed by atoms with E-state index >= 15 is 0 Å². The van der Waals surface area contributed by atoms with Crippen LogP contribution < -0.4 is 5.32 Å². The molecule has 0 fully saturated rings. The second kappa shape index (κ2) is 6.92. The van der Waals surface area contributed by atoms with Crippen LogP contribution >= 0.6 is 0 Å². The molecule has 0 unspecified atom stereocenters. The summed E-state index contributed by atoms with van der Waals surface area (Å²) in [5, 5.41) is 5.01. The first-order valence-corrected chi connectivity index (χ1v) is 7.71. The highest BCUT2D eigenvalue weighted by Crippen LogP contribution is 2.19. The molecule has 0 bridgehead atoms. The molecule has 0 aromatic heterocycles. The minimum absolute atomic E-state index is 0.0302. The van der Waals surface area contributed by atoms with Crippen LogP contribution in [-0.2, 0) is 4.79 Å². The highest BCUT2D eigenvalue weighted by Gasteiger charge is 2.03. The molecule has 0 atom stereocenters. The van der Waals surface area contributed by atoms with Gasteiger partial charge in [0, 0.05) is 17.3 Å². The van der Waals surface area contributed by atoms with Crippen molar-refractivity contribution in [2.45, 2.75) is 6.92 Å². The summed E-state index contributed by atoms with van der Waals surface area (Å²) in [6.07, 6.45) is 3.30. The van der Waals surface area contributed by atoms with Gasteiger partial charge in [0.25, 0.3) is 0 Å². The summed E-state index contributed by atoms with van der Waals surface area (Å²) in [7, 11) is 0. The van der Waals surface area contributed by atoms with Crippen molar-refractivity contribution >= 4 is 34.2 Å². The molecule has 3 aromatic carbocycles. The Balaban J connectivity index is 1.78. The number of amides is 1. The second-order valence-corrected chi connectivity index (χ2v) is 5.53. The van der Waals surface area contributed by atoms with Gasteiger partial charge in [-0.25, -0.2) is 0 Å². The predicted octanol–water partition coefficient (Wildman–Crippen LogP) is 4.69. The summed E-state index contributed by atoms with van der Waals surface area (Å²) < 4.78 is 0. The number of fused-ring (bicyclic) bond motifs is 1. The molecular weight excluding hydrogens is 298 g/mol. The van der Waals surface area contributed by atoms with Gasteiger partial charge in [0.2, 0.25) is 5.91 Å². The highest BCUT2D eigenvalue weighted by molar-refractivity contribution is 6.04. The summed E-state index contributed by atoms with van der Waals surface area (Å²) in [5.74, 6) is -0.263. The van der Waals surface area contributed by atoms with Crippen molar-refractivity contribution in [2.24, 2.45) is 0 Å². The molecule has 0 saturated heterocycles. The lowest BCUT2D eigenvalue weighted by Gasteiger charge is -2.04. The van der Waals surface area contributed by atoms with E-state index < -0.39 is 0 Å². The maximum Gasteiger partial charge on any atom is 0.248 e. The molecular formula is C21H17NO2. The van der Waals surface area contributed by atoms with E-state index in [1.54, 1.807) is 30.3 Å². The molecule has 3 rings (SSSR count). The predicted molar refractivity (Wildman–Crippen MR) is 98.1 cm³/mol. The molecule has 0 saturated carbocycles. The Morgan fingerprint density at radius 2 is 1.67 bits per heavy atom. The molecule has 1 amide bonds. The number of ketones is 1. The fraction of sp³-hybridized carbons (Fsp3) is 0.0476. The minimum atomic E-state index is -0.233. The molecule has 0 heterocycles. The molecule has 24 heavy (non-hydrogen) atoms. The average Bonchev–Trinajstić information content (AvgIpc) is 2.60. The van der Waals surface area contributed by atoms with Gasteiger partial charge in [-0.05, 0) is 41.5 Å². The van der Waals surface area contributed by atoms with E-state index in [2.05, 4.69) is 5.32 Å². The van der Waals surface area contributed by atoms with Crippen LogP contribution in [0.1, 0.15) is 22.8 Å². The maximum atomic E-state index is 12.1. The largest absolute Gasteiger partial charge is 0.322 e. The number of carbonyl (C=O) groups is 2. The van der Waals surface area contributed by atoms with E-state index in [4.69, 9.17) is 0 Å². The summed E-state index contributed by atoms with van der Waals surface area (Å²) >= 11 is 0. The first-order valence-electron chi connectivity index (χ1n) is 7.71. The third-order valence-corrected chi connectivity index (χ3v) is 3.77. The van der Waals surface area contributed by atoms with Gasteiger partial charge in [-0.2, -0.15) is 0 Å². The van der Waals surface area contributed by atoms with Crippen LogP contribution in [0.4, 0.5) is 5.69 Å². The van der Waals surface area contributed by atoms with Gasteiger partial charge in [0.05, 0.1) is 0 Å². The highest BCUT2D eigenvalue weighted by atomic mass is 16.1. The van der Waals surface area contributed by atoms with E-state index in [0.717, 1.165) is 16.3 Å². The van der Waals surface area contributed by atoms with Crippen LogP contribution in [0.3, 0.4) is 0 Å². The van der Waals surface area contributed by atoms with Crippen LogP contribution in [0.25, 0.3) is 16.8 Å². The quantitative estimate of drug-likeness (QED) is 0.560. The Morgan fingerprint density at radius 3 is 2.50 bits per heavy atom. The number of hydrogen-bond acceptors (Lipinski definition) is 2. The number of anilines is 1. The summed E-state index contributed by atoms with van der Waals surface area (Å²) in [6, 6.07) is 20.9. The number of rotatable bonds is 4. The Bertz CT molecular complexity index is 936. The van der Waals surface area contributed by atoms with Gasteiger partial charge in [0.15, 0.2) is 5.78 Å². The van der Waals surface area contributed by atoms with Crippen molar-refractivity contribution in [2.75, 3.05) is 5.32 Å². The zero-order valence-electron chi connectivity index (χ0n) is 13.3. The van der Waals surface area contributed by atoms with E-state index in [1.807, 2.05) is 42.5 Å². The van der Waals surface area contributed by atoms with Crippen molar-refractivity contribution in [3.63, 3.8) is 0 Å². The molecule has 118 valence electrons. The monoisotopic (exact) mass is 315 g/mol. The van der Waals surface area contributed by atoms with Gasteiger partial charge in [0.1, 0.15) is 0 Å². The average molecular weight is 315 g/mol. The fourth-order valence-electron chi connectivity index (χ4n) is 2.56. The van der Waals surface area contributed by atoms with Crippen LogP contribution in [0.15, 0.2) is 72.8 Å². The van der Waals surface area contributed by atoms with Gasteiger partial charge < -0.3 is 5.32 Å². The lowest BCUT2D eigenvalue weighted by molar-refractivity contribution is -0.111. The van der Waals surface area contributed by atoms with Crippen molar-refractivity contribution in [3.8, 4) is 0 Å². The molecule has 3 nitrogen and oxygen atoms in total. The summed E-state index contributed by atoms with van der Waals surface area (Å²) in [4.78, 5) is 23.5. The van der Waals surface area contributed by atoms with Crippen LogP contribution in [0.5, 0.6) is 0 Å². The summed E-state index contributed by atoms with van der Waals surface area (Å²) in [5.41, 5.74) is 2.17. The van der Waals surface area contributed by atoms with Gasteiger partial charge >= 0.3 is 0 Å². The van der Waals surface area contributed by atoms with E-state index in [9.17, 15) is 9.59 Å². The number of benzene rings is 3. The van der Waals surface area contributed by atoms with Crippen LogP contribution in [0, 0.1) is 0 Å². The Labute approximate surface area is 140 Å². The van der Waals surface area contributed by atoms with Crippen molar-refractivity contribution in [1.82, 2.24) is 0 Å². The Kier molecular flexibility index (Phi) is 4.52. The van der Waals surface area contributed by atoms with Crippen molar-refractivity contribution in [1.29, 1.82) is 0 Å². The summed E-state index contributed by atoms with van der Waals surface area (Å²) in [6.45, 7) is 1.50. The fourth-order valence-corrected chi connectivity index (χ4v) is 2.56. The van der Waals surface area contributed by atoms with Crippen molar-refractivity contribution in [3.05, 3.63) is 83.9 Å². The maximum absolute atomic E-state index is 12.1. The lowest BCUT2D eigenvalue weighted by atomic mass is 10.0. The topological polar surface area (TPSA) is 46.2 Å². The third-order valence-electron chi connectivity index (χ3n) is 3.77.